The van der Waals surface area contributed by atoms with Crippen LogP contribution in [0, 0.1) is 0 Å². The van der Waals surface area contributed by atoms with Crippen LogP contribution in [0.25, 0.3) is 0 Å². The molecule has 0 spiro atoms. The fourth-order valence-electron chi connectivity index (χ4n) is 1.90. The van der Waals surface area contributed by atoms with E-state index in [0.29, 0.717) is 0 Å². The molecule has 0 amide bonds. The Morgan fingerprint density at radius 2 is 1.84 bits per heavy atom. The van der Waals surface area contributed by atoms with Crippen molar-refractivity contribution in [3.63, 3.8) is 0 Å². The van der Waals surface area contributed by atoms with Crippen molar-refractivity contribution >= 4 is 47.8 Å². The van der Waals surface area contributed by atoms with Crippen molar-refractivity contribution in [3.8, 4) is 0 Å². The average Bonchev–Trinajstić information content (AvgIpc) is 2.75. The van der Waals surface area contributed by atoms with Gasteiger partial charge in [0.05, 0.1) is 16.8 Å². The van der Waals surface area contributed by atoms with Gasteiger partial charge in [-0.25, -0.2) is 0 Å². The SMILES string of the molecule is CCCNC(c1cc(Br)cc(Br)c1)c1occc1Br. The Balaban J connectivity index is 2.39. The van der Waals surface area contributed by atoms with Gasteiger partial charge in [-0.1, -0.05) is 38.8 Å². The predicted molar refractivity (Wildman–Crippen MR) is 88.4 cm³/mol. The molecule has 1 aromatic heterocycles. The molecule has 0 fully saturated rings. The summed E-state index contributed by atoms with van der Waals surface area (Å²) in [5.74, 6) is 0.901. The summed E-state index contributed by atoms with van der Waals surface area (Å²) in [5, 5.41) is 3.52. The molecule has 1 atom stereocenters. The molecule has 2 rings (SSSR count). The summed E-state index contributed by atoms with van der Waals surface area (Å²) < 4.78 is 8.69. The van der Waals surface area contributed by atoms with Crippen LogP contribution in [0.1, 0.15) is 30.7 Å². The lowest BCUT2D eigenvalue weighted by molar-refractivity contribution is 0.444. The van der Waals surface area contributed by atoms with E-state index in [9.17, 15) is 0 Å². The molecule has 0 saturated heterocycles. The average molecular weight is 452 g/mol. The molecule has 2 aromatic rings. The lowest BCUT2D eigenvalue weighted by Gasteiger charge is -2.18. The Bertz CT molecular complexity index is 533. The predicted octanol–water partition coefficient (Wildman–Crippen LogP) is 5.66. The summed E-state index contributed by atoms with van der Waals surface area (Å²) >= 11 is 10.6. The van der Waals surface area contributed by atoms with Crippen LogP contribution in [0.3, 0.4) is 0 Å². The third-order valence-corrected chi connectivity index (χ3v) is 4.29. The van der Waals surface area contributed by atoms with Crippen LogP contribution in [0.2, 0.25) is 0 Å². The van der Waals surface area contributed by atoms with E-state index < -0.39 is 0 Å². The van der Waals surface area contributed by atoms with Crippen molar-refractivity contribution in [1.29, 1.82) is 0 Å². The van der Waals surface area contributed by atoms with Gasteiger partial charge in [-0.2, -0.15) is 0 Å². The Hall–Kier alpha value is -0.100. The van der Waals surface area contributed by atoms with E-state index in [1.54, 1.807) is 6.26 Å². The van der Waals surface area contributed by atoms with Gasteiger partial charge in [0.2, 0.25) is 0 Å². The van der Waals surface area contributed by atoms with Gasteiger partial charge in [0.15, 0.2) is 0 Å². The molecule has 0 aliphatic carbocycles. The molecule has 1 heterocycles. The second kappa shape index (κ2) is 7.07. The van der Waals surface area contributed by atoms with Crippen molar-refractivity contribution < 1.29 is 4.42 Å². The van der Waals surface area contributed by atoms with Gasteiger partial charge in [0.1, 0.15) is 5.76 Å². The van der Waals surface area contributed by atoms with Crippen molar-refractivity contribution in [2.75, 3.05) is 6.54 Å². The highest BCUT2D eigenvalue weighted by Gasteiger charge is 2.20. The van der Waals surface area contributed by atoms with Crippen LogP contribution in [-0.4, -0.2) is 6.54 Å². The van der Waals surface area contributed by atoms with E-state index >= 15 is 0 Å². The quantitative estimate of drug-likeness (QED) is 0.634. The Kier molecular flexibility index (Phi) is 5.69. The fraction of sp³-hybridized carbons (Fsp3) is 0.286. The van der Waals surface area contributed by atoms with Crippen LogP contribution in [-0.2, 0) is 0 Å². The maximum Gasteiger partial charge on any atom is 0.139 e. The lowest BCUT2D eigenvalue weighted by Crippen LogP contribution is -2.23. The highest BCUT2D eigenvalue weighted by molar-refractivity contribution is 9.11. The molecule has 1 unspecified atom stereocenters. The first-order valence-electron chi connectivity index (χ1n) is 6.04. The van der Waals surface area contributed by atoms with Gasteiger partial charge >= 0.3 is 0 Å². The van der Waals surface area contributed by atoms with Crippen LogP contribution in [0.15, 0.2) is 48.4 Å². The zero-order valence-electron chi connectivity index (χ0n) is 10.4. The van der Waals surface area contributed by atoms with Crippen molar-refractivity contribution in [3.05, 3.63) is 55.3 Å². The first kappa shape index (κ1) is 15.3. The molecule has 19 heavy (non-hydrogen) atoms. The summed E-state index contributed by atoms with van der Waals surface area (Å²) in [6, 6.07) is 8.19. The van der Waals surface area contributed by atoms with E-state index in [-0.39, 0.29) is 6.04 Å². The van der Waals surface area contributed by atoms with Crippen molar-refractivity contribution in [1.82, 2.24) is 5.32 Å². The molecule has 0 bridgehead atoms. The van der Waals surface area contributed by atoms with Crippen LogP contribution in [0.5, 0.6) is 0 Å². The van der Waals surface area contributed by atoms with Crippen molar-refractivity contribution in [2.45, 2.75) is 19.4 Å². The molecule has 0 saturated carbocycles. The third kappa shape index (κ3) is 3.94. The van der Waals surface area contributed by atoms with Gasteiger partial charge in [0, 0.05) is 8.95 Å². The monoisotopic (exact) mass is 449 g/mol. The number of hydrogen-bond donors (Lipinski definition) is 1. The van der Waals surface area contributed by atoms with E-state index in [2.05, 4.69) is 72.2 Å². The normalized spacial score (nSPS) is 12.6. The number of benzene rings is 1. The largest absolute Gasteiger partial charge is 0.466 e. The maximum absolute atomic E-state index is 5.62. The minimum Gasteiger partial charge on any atom is -0.466 e. The highest BCUT2D eigenvalue weighted by atomic mass is 79.9. The summed E-state index contributed by atoms with van der Waals surface area (Å²) in [5.41, 5.74) is 1.16. The molecular formula is C14H14Br3NO. The van der Waals surface area contributed by atoms with Crippen molar-refractivity contribution in [2.24, 2.45) is 0 Å². The van der Waals surface area contributed by atoms with Gasteiger partial charge in [-0.15, -0.1) is 0 Å². The molecule has 1 aromatic carbocycles. The lowest BCUT2D eigenvalue weighted by atomic mass is 10.0. The van der Waals surface area contributed by atoms with E-state index in [1.807, 2.05) is 12.1 Å². The van der Waals surface area contributed by atoms with Gasteiger partial charge in [0.25, 0.3) is 0 Å². The number of rotatable bonds is 5. The molecule has 0 radical (unpaired) electrons. The molecule has 0 aliphatic rings. The van der Waals surface area contributed by atoms with E-state index in [4.69, 9.17) is 4.42 Å². The first-order chi connectivity index (χ1) is 9.11. The summed E-state index contributed by atoms with van der Waals surface area (Å²) in [6.07, 6.45) is 2.77. The summed E-state index contributed by atoms with van der Waals surface area (Å²) in [4.78, 5) is 0. The number of furan rings is 1. The Morgan fingerprint density at radius 3 is 2.37 bits per heavy atom. The standard InChI is InChI=1S/C14H14Br3NO/c1-2-4-18-13(14-12(17)3-5-19-14)9-6-10(15)8-11(16)7-9/h3,5-8,13,18H,2,4H2,1H3. The summed E-state index contributed by atoms with van der Waals surface area (Å²) in [7, 11) is 0. The molecule has 102 valence electrons. The van der Waals surface area contributed by atoms with Crippen LogP contribution >= 0.6 is 47.8 Å². The molecule has 5 heteroatoms. The zero-order chi connectivity index (χ0) is 13.8. The van der Waals surface area contributed by atoms with Crippen LogP contribution < -0.4 is 5.32 Å². The second-order valence-corrected chi connectivity index (χ2v) is 6.91. The van der Waals surface area contributed by atoms with Gasteiger partial charge in [-0.05, 0) is 58.7 Å². The third-order valence-electron chi connectivity index (χ3n) is 2.72. The second-order valence-electron chi connectivity index (χ2n) is 4.22. The minimum absolute atomic E-state index is 0.0399. The van der Waals surface area contributed by atoms with Gasteiger partial charge in [-0.3, -0.25) is 0 Å². The molecule has 2 nitrogen and oxygen atoms in total. The van der Waals surface area contributed by atoms with E-state index in [1.165, 1.54) is 0 Å². The topological polar surface area (TPSA) is 25.2 Å². The van der Waals surface area contributed by atoms with Crippen LogP contribution in [0.4, 0.5) is 0 Å². The zero-order valence-corrected chi connectivity index (χ0v) is 15.2. The molecular weight excluding hydrogens is 438 g/mol. The van der Waals surface area contributed by atoms with E-state index in [0.717, 1.165) is 37.7 Å². The Labute approximate surface area is 138 Å². The number of halogens is 3. The molecule has 0 aliphatic heterocycles. The highest BCUT2D eigenvalue weighted by Crippen LogP contribution is 2.32. The fourth-order valence-corrected chi connectivity index (χ4v) is 3.66. The first-order valence-corrected chi connectivity index (χ1v) is 8.42. The minimum atomic E-state index is 0.0399. The molecule has 1 N–H and O–H groups in total. The number of nitrogens with one attached hydrogen (secondary N) is 1. The van der Waals surface area contributed by atoms with Gasteiger partial charge < -0.3 is 9.73 Å². The maximum atomic E-state index is 5.62. The number of hydrogen-bond acceptors (Lipinski definition) is 2. The summed E-state index contributed by atoms with van der Waals surface area (Å²) in [6.45, 7) is 3.08. The smallest absolute Gasteiger partial charge is 0.139 e. The Morgan fingerprint density at radius 1 is 1.16 bits per heavy atom.